The quantitative estimate of drug-likeness (QED) is 0.851. The first-order valence-electron chi connectivity index (χ1n) is 5.84. The molecule has 1 fully saturated rings. The van der Waals surface area contributed by atoms with Crippen LogP contribution >= 0.6 is 11.3 Å². The molecule has 94 valence electrons. The van der Waals surface area contributed by atoms with Gasteiger partial charge in [-0.05, 0) is 31.0 Å². The fourth-order valence-corrected chi connectivity index (χ4v) is 3.02. The number of hydrogen-bond acceptors (Lipinski definition) is 4. The number of nitrogens with zero attached hydrogens (tertiary/aromatic N) is 2. The van der Waals surface area contributed by atoms with Crippen molar-refractivity contribution in [2.45, 2.75) is 13.0 Å². The normalized spacial score (nSPS) is 21.5. The Morgan fingerprint density at radius 1 is 1.65 bits per heavy atom. The van der Waals surface area contributed by atoms with E-state index >= 15 is 0 Å². The minimum atomic E-state index is -0.0461. The second-order valence-corrected chi connectivity index (χ2v) is 5.40. The van der Waals surface area contributed by atoms with Crippen molar-refractivity contribution in [2.24, 2.45) is 0 Å². The lowest BCUT2D eigenvalue weighted by Gasteiger charge is -2.34. The van der Waals surface area contributed by atoms with Gasteiger partial charge >= 0.3 is 0 Å². The molecule has 0 saturated carbocycles. The van der Waals surface area contributed by atoms with Crippen LogP contribution in [0.15, 0.2) is 11.4 Å². The Balaban J connectivity index is 2.11. The van der Waals surface area contributed by atoms with Crippen molar-refractivity contribution < 1.29 is 4.79 Å². The van der Waals surface area contributed by atoms with Gasteiger partial charge in [0.05, 0.1) is 0 Å². The lowest BCUT2D eigenvalue weighted by molar-refractivity contribution is -0.123. The van der Waals surface area contributed by atoms with Gasteiger partial charge in [-0.15, -0.1) is 11.3 Å². The van der Waals surface area contributed by atoms with Gasteiger partial charge in [0.2, 0.25) is 5.91 Å². The van der Waals surface area contributed by atoms with Crippen LogP contribution in [0.4, 0.5) is 5.00 Å². The molecule has 1 aromatic heterocycles. The molecule has 1 N–H and O–H groups in total. The minimum Gasteiger partial charge on any atom is -0.313 e. The van der Waals surface area contributed by atoms with Gasteiger partial charge in [-0.2, -0.15) is 0 Å². The number of aryl methyl sites for hydroxylation is 1. The van der Waals surface area contributed by atoms with Crippen LogP contribution in [0.25, 0.3) is 0 Å². The third-order valence-corrected chi connectivity index (χ3v) is 4.36. The van der Waals surface area contributed by atoms with Crippen molar-refractivity contribution in [2.75, 3.05) is 38.6 Å². The number of thiophene rings is 1. The van der Waals surface area contributed by atoms with Gasteiger partial charge in [0, 0.05) is 26.7 Å². The number of hydrogen-bond donors (Lipinski definition) is 1. The van der Waals surface area contributed by atoms with Crippen LogP contribution in [-0.2, 0) is 4.79 Å². The Bertz CT molecular complexity index is 404. The average Bonchev–Trinajstić information content (AvgIpc) is 2.74. The number of nitrogens with one attached hydrogen (secondary N) is 1. The second-order valence-electron chi connectivity index (χ2n) is 4.51. The summed E-state index contributed by atoms with van der Waals surface area (Å²) in [5.74, 6) is 0.172. The first-order valence-corrected chi connectivity index (χ1v) is 6.72. The Morgan fingerprint density at radius 2 is 2.41 bits per heavy atom. The highest BCUT2D eigenvalue weighted by molar-refractivity contribution is 7.14. The van der Waals surface area contributed by atoms with Crippen molar-refractivity contribution in [3.05, 3.63) is 17.0 Å². The summed E-state index contributed by atoms with van der Waals surface area (Å²) in [5, 5.41) is 6.35. The molecule has 1 aliphatic rings. The number of amides is 1. The standard InChI is InChI=1S/C12H19N3OS/c1-9-4-7-17-12(9)15(3)11(16)10-8-13-5-6-14(10)2/h4,7,10,13H,5-6,8H2,1-3H3. The smallest absolute Gasteiger partial charge is 0.246 e. The first kappa shape index (κ1) is 12.5. The van der Waals surface area contributed by atoms with Crippen LogP contribution in [0.2, 0.25) is 0 Å². The molecule has 17 heavy (non-hydrogen) atoms. The maximum atomic E-state index is 12.4. The summed E-state index contributed by atoms with van der Waals surface area (Å²) in [6, 6.07) is 2.00. The fraction of sp³-hybridized carbons (Fsp3) is 0.583. The van der Waals surface area contributed by atoms with E-state index in [2.05, 4.69) is 10.2 Å². The van der Waals surface area contributed by atoms with E-state index in [0.29, 0.717) is 0 Å². The Kier molecular flexibility index (Phi) is 3.81. The van der Waals surface area contributed by atoms with E-state index < -0.39 is 0 Å². The molecule has 4 nitrogen and oxygen atoms in total. The molecular formula is C12H19N3OS. The molecule has 5 heteroatoms. The maximum absolute atomic E-state index is 12.4. The molecule has 0 spiro atoms. The zero-order valence-electron chi connectivity index (χ0n) is 10.6. The van der Waals surface area contributed by atoms with Gasteiger partial charge in [-0.1, -0.05) is 0 Å². The highest BCUT2D eigenvalue weighted by Gasteiger charge is 2.29. The number of piperazine rings is 1. The van der Waals surface area contributed by atoms with Crippen molar-refractivity contribution in [3.8, 4) is 0 Å². The van der Waals surface area contributed by atoms with Crippen LogP contribution in [0, 0.1) is 6.92 Å². The first-order chi connectivity index (χ1) is 8.11. The van der Waals surface area contributed by atoms with E-state index in [1.807, 2.05) is 32.5 Å². The van der Waals surface area contributed by atoms with Gasteiger partial charge in [-0.25, -0.2) is 0 Å². The zero-order chi connectivity index (χ0) is 12.4. The Labute approximate surface area is 106 Å². The van der Waals surface area contributed by atoms with Gasteiger partial charge in [0.15, 0.2) is 0 Å². The molecule has 0 aromatic carbocycles. The van der Waals surface area contributed by atoms with Gasteiger partial charge in [-0.3, -0.25) is 9.69 Å². The Morgan fingerprint density at radius 3 is 3.00 bits per heavy atom. The summed E-state index contributed by atoms with van der Waals surface area (Å²) in [6.07, 6.45) is 0. The van der Waals surface area contributed by atoms with Gasteiger partial charge < -0.3 is 10.2 Å². The maximum Gasteiger partial charge on any atom is 0.246 e. The predicted octanol–water partition coefficient (Wildman–Crippen LogP) is 0.923. The molecule has 2 rings (SSSR count). The number of carbonyl (C=O) groups excluding carboxylic acids is 1. The van der Waals surface area contributed by atoms with Gasteiger partial charge in [0.25, 0.3) is 0 Å². The summed E-state index contributed by atoms with van der Waals surface area (Å²) in [6.45, 7) is 4.66. The number of anilines is 1. The summed E-state index contributed by atoms with van der Waals surface area (Å²) in [7, 11) is 3.88. The molecule has 1 aromatic rings. The van der Waals surface area contributed by atoms with Crippen LogP contribution < -0.4 is 10.2 Å². The Hall–Kier alpha value is -0.910. The van der Waals surface area contributed by atoms with Crippen molar-refractivity contribution in [3.63, 3.8) is 0 Å². The molecule has 1 atom stereocenters. The highest BCUT2D eigenvalue weighted by Crippen LogP contribution is 2.26. The third kappa shape index (κ3) is 2.51. The number of rotatable bonds is 2. The minimum absolute atomic E-state index is 0.0461. The summed E-state index contributed by atoms with van der Waals surface area (Å²) >= 11 is 1.62. The van der Waals surface area contributed by atoms with Crippen molar-refractivity contribution in [1.82, 2.24) is 10.2 Å². The van der Waals surface area contributed by atoms with Crippen LogP contribution in [0.1, 0.15) is 5.56 Å². The van der Waals surface area contributed by atoms with Crippen molar-refractivity contribution >= 4 is 22.2 Å². The SMILES string of the molecule is Cc1ccsc1N(C)C(=O)C1CNCCN1C. The van der Waals surface area contributed by atoms with Crippen LogP contribution in [-0.4, -0.2) is 50.6 Å². The fourth-order valence-electron chi connectivity index (χ4n) is 2.11. The summed E-state index contributed by atoms with van der Waals surface area (Å²) < 4.78 is 0. The molecule has 0 radical (unpaired) electrons. The van der Waals surface area contributed by atoms with E-state index in [4.69, 9.17) is 0 Å². The average molecular weight is 253 g/mol. The van der Waals surface area contributed by atoms with Crippen LogP contribution in [0.3, 0.4) is 0 Å². The van der Waals surface area contributed by atoms with E-state index in [9.17, 15) is 4.79 Å². The monoisotopic (exact) mass is 253 g/mol. The number of carbonyl (C=O) groups is 1. The van der Waals surface area contributed by atoms with E-state index in [0.717, 1.165) is 30.2 Å². The number of likely N-dealkylation sites (N-methyl/N-ethyl adjacent to an activating group) is 2. The van der Waals surface area contributed by atoms with Crippen LogP contribution in [0.5, 0.6) is 0 Å². The second kappa shape index (κ2) is 5.16. The molecule has 0 bridgehead atoms. The topological polar surface area (TPSA) is 35.6 Å². The lowest BCUT2D eigenvalue weighted by atomic mass is 10.2. The van der Waals surface area contributed by atoms with E-state index in [1.165, 1.54) is 0 Å². The molecule has 1 amide bonds. The molecule has 1 aliphatic heterocycles. The predicted molar refractivity (Wildman–Crippen MR) is 71.8 cm³/mol. The highest BCUT2D eigenvalue weighted by atomic mass is 32.1. The van der Waals surface area contributed by atoms with Gasteiger partial charge in [0.1, 0.15) is 11.0 Å². The summed E-state index contributed by atoms with van der Waals surface area (Å²) in [5.41, 5.74) is 1.16. The van der Waals surface area contributed by atoms with Crippen molar-refractivity contribution in [1.29, 1.82) is 0 Å². The van der Waals surface area contributed by atoms with E-state index in [-0.39, 0.29) is 11.9 Å². The zero-order valence-corrected chi connectivity index (χ0v) is 11.4. The lowest BCUT2D eigenvalue weighted by Crippen LogP contribution is -2.56. The molecule has 0 aliphatic carbocycles. The molecule has 1 unspecified atom stereocenters. The molecule has 1 saturated heterocycles. The molecular weight excluding hydrogens is 234 g/mol. The third-order valence-electron chi connectivity index (χ3n) is 3.27. The molecule has 2 heterocycles. The largest absolute Gasteiger partial charge is 0.313 e. The van der Waals surface area contributed by atoms with E-state index in [1.54, 1.807) is 16.2 Å². The summed E-state index contributed by atoms with van der Waals surface area (Å²) in [4.78, 5) is 16.3.